The number of benzene rings is 1. The summed E-state index contributed by atoms with van der Waals surface area (Å²) in [7, 11) is 0. The van der Waals surface area contributed by atoms with Gasteiger partial charge in [0.25, 0.3) is 0 Å². The van der Waals surface area contributed by atoms with Gasteiger partial charge in [-0.25, -0.2) is 4.98 Å². The van der Waals surface area contributed by atoms with Crippen LogP contribution in [0.2, 0.25) is 0 Å². The molecule has 3 rings (SSSR count). The van der Waals surface area contributed by atoms with Gasteiger partial charge in [-0.1, -0.05) is 24.3 Å². The maximum Gasteiger partial charge on any atom is 0.114 e. The molecule has 2 aromatic rings. The number of nitrogens with zero attached hydrogens (tertiary/aromatic N) is 1. The summed E-state index contributed by atoms with van der Waals surface area (Å²) < 4.78 is 0. The van der Waals surface area contributed by atoms with Crippen LogP contribution in [-0.4, -0.2) is 11.0 Å². The second-order valence-corrected chi connectivity index (χ2v) is 6.50. The van der Waals surface area contributed by atoms with Crippen LogP contribution in [-0.2, 0) is 0 Å². The minimum Gasteiger partial charge on any atom is -0.302 e. The highest BCUT2D eigenvalue weighted by Gasteiger charge is 2.25. The van der Waals surface area contributed by atoms with Crippen molar-refractivity contribution in [2.45, 2.75) is 44.7 Å². The SMILES string of the molecule is CC(C)NC(c1cccc(C2CC2)c1)c1nccs1. The quantitative estimate of drug-likeness (QED) is 0.886. The number of hydrogen-bond donors (Lipinski definition) is 1. The molecule has 0 aliphatic heterocycles. The van der Waals surface area contributed by atoms with Crippen LogP contribution in [0, 0.1) is 0 Å². The molecule has 1 aromatic heterocycles. The summed E-state index contributed by atoms with van der Waals surface area (Å²) in [5, 5.41) is 6.84. The van der Waals surface area contributed by atoms with Crippen molar-refractivity contribution in [3.8, 4) is 0 Å². The van der Waals surface area contributed by atoms with E-state index in [2.05, 4.69) is 53.8 Å². The highest BCUT2D eigenvalue weighted by Crippen LogP contribution is 2.41. The molecule has 1 aliphatic carbocycles. The molecule has 19 heavy (non-hydrogen) atoms. The van der Waals surface area contributed by atoms with Crippen molar-refractivity contribution in [1.29, 1.82) is 0 Å². The molecule has 100 valence electrons. The van der Waals surface area contributed by atoms with Gasteiger partial charge in [-0.05, 0) is 43.7 Å². The van der Waals surface area contributed by atoms with Gasteiger partial charge in [0, 0.05) is 17.6 Å². The Morgan fingerprint density at radius 1 is 1.32 bits per heavy atom. The summed E-state index contributed by atoms with van der Waals surface area (Å²) in [5.74, 6) is 0.802. The van der Waals surface area contributed by atoms with Gasteiger partial charge < -0.3 is 5.32 Å². The molecular formula is C16H20N2S. The molecule has 2 nitrogen and oxygen atoms in total. The maximum absolute atomic E-state index is 4.49. The Morgan fingerprint density at radius 3 is 2.79 bits per heavy atom. The molecule has 1 saturated carbocycles. The van der Waals surface area contributed by atoms with Gasteiger partial charge in [-0.3, -0.25) is 0 Å². The van der Waals surface area contributed by atoms with Gasteiger partial charge in [0.05, 0.1) is 6.04 Å². The van der Waals surface area contributed by atoms with Gasteiger partial charge in [0.2, 0.25) is 0 Å². The first-order valence-corrected chi connectivity index (χ1v) is 7.87. The molecule has 1 aliphatic rings. The van der Waals surface area contributed by atoms with E-state index in [4.69, 9.17) is 0 Å². The Kier molecular flexibility index (Phi) is 3.67. The van der Waals surface area contributed by atoms with Crippen LogP contribution in [0.15, 0.2) is 35.8 Å². The van der Waals surface area contributed by atoms with Crippen LogP contribution < -0.4 is 5.32 Å². The molecular weight excluding hydrogens is 252 g/mol. The summed E-state index contributed by atoms with van der Waals surface area (Å²) in [6.45, 7) is 4.37. The van der Waals surface area contributed by atoms with E-state index in [1.54, 1.807) is 11.3 Å². The predicted molar refractivity (Wildman–Crippen MR) is 80.6 cm³/mol. The van der Waals surface area contributed by atoms with E-state index in [0.29, 0.717) is 6.04 Å². The van der Waals surface area contributed by atoms with Crippen molar-refractivity contribution in [2.75, 3.05) is 0 Å². The van der Waals surface area contributed by atoms with Gasteiger partial charge in [-0.15, -0.1) is 11.3 Å². The molecule has 0 saturated heterocycles. The van der Waals surface area contributed by atoms with Crippen LogP contribution in [0.1, 0.15) is 54.8 Å². The van der Waals surface area contributed by atoms with Crippen LogP contribution in [0.25, 0.3) is 0 Å². The first kappa shape index (κ1) is 12.8. The van der Waals surface area contributed by atoms with E-state index < -0.39 is 0 Å². The van der Waals surface area contributed by atoms with Crippen LogP contribution in [0.5, 0.6) is 0 Å². The Morgan fingerprint density at radius 2 is 2.16 bits per heavy atom. The average Bonchev–Trinajstić information content (AvgIpc) is 3.12. The zero-order valence-corrected chi connectivity index (χ0v) is 12.3. The Bertz CT molecular complexity index is 529. The number of nitrogens with one attached hydrogen (secondary N) is 1. The van der Waals surface area contributed by atoms with Crippen molar-refractivity contribution in [3.63, 3.8) is 0 Å². The lowest BCUT2D eigenvalue weighted by Gasteiger charge is -2.20. The summed E-state index contributed by atoms with van der Waals surface area (Å²) >= 11 is 1.72. The number of aromatic nitrogens is 1. The van der Waals surface area contributed by atoms with Crippen molar-refractivity contribution in [2.24, 2.45) is 0 Å². The first-order valence-electron chi connectivity index (χ1n) is 6.99. The van der Waals surface area contributed by atoms with Crippen molar-refractivity contribution >= 4 is 11.3 Å². The second-order valence-electron chi connectivity index (χ2n) is 5.57. The van der Waals surface area contributed by atoms with E-state index in [1.165, 1.54) is 24.0 Å². The lowest BCUT2D eigenvalue weighted by molar-refractivity contribution is 0.526. The molecule has 1 unspecified atom stereocenters. The fourth-order valence-electron chi connectivity index (χ4n) is 2.43. The van der Waals surface area contributed by atoms with Gasteiger partial charge >= 0.3 is 0 Å². The molecule has 1 heterocycles. The number of thiazole rings is 1. The summed E-state index contributed by atoms with van der Waals surface area (Å²) in [5.41, 5.74) is 2.83. The van der Waals surface area contributed by atoms with Crippen molar-refractivity contribution < 1.29 is 0 Å². The smallest absolute Gasteiger partial charge is 0.114 e. The molecule has 0 bridgehead atoms. The molecule has 1 atom stereocenters. The summed E-state index contributed by atoms with van der Waals surface area (Å²) in [6, 6.07) is 9.69. The van der Waals surface area contributed by atoms with Crippen molar-refractivity contribution in [1.82, 2.24) is 10.3 Å². The average molecular weight is 272 g/mol. The third-order valence-corrected chi connectivity index (χ3v) is 4.33. The third kappa shape index (κ3) is 3.04. The Hall–Kier alpha value is -1.19. The molecule has 3 heteroatoms. The molecule has 0 spiro atoms. The molecule has 1 N–H and O–H groups in total. The monoisotopic (exact) mass is 272 g/mol. The molecule has 0 radical (unpaired) electrons. The zero-order valence-electron chi connectivity index (χ0n) is 11.5. The van der Waals surface area contributed by atoms with E-state index >= 15 is 0 Å². The number of rotatable bonds is 5. The minimum atomic E-state index is 0.221. The van der Waals surface area contributed by atoms with E-state index in [1.807, 2.05) is 6.20 Å². The molecule has 1 fully saturated rings. The normalized spacial score (nSPS) is 16.8. The number of hydrogen-bond acceptors (Lipinski definition) is 3. The van der Waals surface area contributed by atoms with Crippen LogP contribution in [0.3, 0.4) is 0 Å². The summed E-state index contributed by atoms with van der Waals surface area (Å²) in [4.78, 5) is 4.49. The van der Waals surface area contributed by atoms with Gasteiger partial charge in [-0.2, -0.15) is 0 Å². The summed E-state index contributed by atoms with van der Waals surface area (Å²) in [6.07, 6.45) is 4.59. The molecule has 0 amide bonds. The van der Waals surface area contributed by atoms with Crippen molar-refractivity contribution in [3.05, 3.63) is 52.0 Å². The maximum atomic E-state index is 4.49. The van der Waals surface area contributed by atoms with E-state index in [9.17, 15) is 0 Å². The van der Waals surface area contributed by atoms with E-state index in [-0.39, 0.29) is 6.04 Å². The second kappa shape index (κ2) is 5.43. The minimum absolute atomic E-state index is 0.221. The molecule has 1 aromatic carbocycles. The lowest BCUT2D eigenvalue weighted by atomic mass is 10.0. The fourth-order valence-corrected chi connectivity index (χ4v) is 3.15. The predicted octanol–water partition coefficient (Wildman–Crippen LogP) is 4.11. The van der Waals surface area contributed by atoms with Gasteiger partial charge in [0.15, 0.2) is 0 Å². The van der Waals surface area contributed by atoms with Crippen LogP contribution >= 0.6 is 11.3 Å². The van der Waals surface area contributed by atoms with E-state index in [0.717, 1.165) is 10.9 Å². The highest BCUT2D eigenvalue weighted by atomic mass is 32.1. The Balaban J connectivity index is 1.92. The third-order valence-electron chi connectivity index (χ3n) is 3.49. The van der Waals surface area contributed by atoms with Crippen LogP contribution in [0.4, 0.5) is 0 Å². The largest absolute Gasteiger partial charge is 0.302 e. The fraction of sp³-hybridized carbons (Fsp3) is 0.438. The lowest BCUT2D eigenvalue weighted by Crippen LogP contribution is -2.28. The zero-order chi connectivity index (χ0) is 13.2. The highest BCUT2D eigenvalue weighted by molar-refractivity contribution is 7.09. The Labute approximate surface area is 118 Å². The standard InChI is InChI=1S/C16H20N2S/c1-11(2)18-15(16-17-8-9-19-16)14-5-3-4-13(10-14)12-6-7-12/h3-5,8-12,15,18H,6-7H2,1-2H3. The topological polar surface area (TPSA) is 24.9 Å². The first-order chi connectivity index (χ1) is 9.24. The van der Waals surface area contributed by atoms with Gasteiger partial charge in [0.1, 0.15) is 5.01 Å².